The van der Waals surface area contributed by atoms with E-state index < -0.39 is 5.69 Å². The molecule has 2 heterocycles. The van der Waals surface area contributed by atoms with Crippen LogP contribution in [0, 0.1) is 5.92 Å². The number of hydrogen-bond donors (Lipinski definition) is 0. The Morgan fingerprint density at radius 1 is 1.12 bits per heavy atom. The summed E-state index contributed by atoms with van der Waals surface area (Å²) in [6.45, 7) is 4.80. The minimum atomic E-state index is -0.411. The number of aromatic nitrogens is 4. The van der Waals surface area contributed by atoms with E-state index in [0.29, 0.717) is 35.4 Å². The van der Waals surface area contributed by atoms with E-state index in [1.807, 2.05) is 24.3 Å². The molecule has 0 atom stereocenters. The zero-order chi connectivity index (χ0) is 19.0. The highest BCUT2D eigenvalue weighted by Gasteiger charge is 2.20. The highest BCUT2D eigenvalue weighted by molar-refractivity contribution is 9.10. The van der Waals surface area contributed by atoms with Crippen molar-refractivity contribution in [1.82, 2.24) is 18.7 Å². The van der Waals surface area contributed by atoms with Crippen molar-refractivity contribution < 1.29 is 4.74 Å². The molecule has 0 saturated heterocycles. The third-order valence-corrected chi connectivity index (χ3v) is 4.79. The highest BCUT2D eigenvalue weighted by Crippen LogP contribution is 2.26. The zero-order valence-electron chi connectivity index (χ0n) is 15.2. The molecule has 8 heteroatoms. The van der Waals surface area contributed by atoms with Crippen LogP contribution in [0.25, 0.3) is 11.2 Å². The summed E-state index contributed by atoms with van der Waals surface area (Å²) in [4.78, 5) is 29.4. The van der Waals surface area contributed by atoms with Crippen molar-refractivity contribution in [2.24, 2.45) is 20.0 Å². The summed E-state index contributed by atoms with van der Waals surface area (Å²) in [5.41, 5.74) is -0.0763. The van der Waals surface area contributed by atoms with E-state index in [4.69, 9.17) is 4.74 Å². The molecule has 26 heavy (non-hydrogen) atoms. The molecular formula is C18H21BrN4O3. The van der Waals surface area contributed by atoms with Crippen LogP contribution in [-0.2, 0) is 20.6 Å². The van der Waals surface area contributed by atoms with Crippen LogP contribution in [0.15, 0.2) is 38.3 Å². The number of ether oxygens (including phenoxy) is 1. The Bertz CT molecular complexity index is 1060. The van der Waals surface area contributed by atoms with Gasteiger partial charge in [-0.3, -0.25) is 18.5 Å². The summed E-state index contributed by atoms with van der Waals surface area (Å²) in [7, 11) is 3.08. The first kappa shape index (κ1) is 18.4. The molecule has 0 aliphatic heterocycles. The fraction of sp³-hybridized carbons (Fsp3) is 0.389. The van der Waals surface area contributed by atoms with Crippen LogP contribution in [0.5, 0.6) is 11.8 Å². The topological polar surface area (TPSA) is 71.1 Å². The van der Waals surface area contributed by atoms with E-state index in [1.165, 1.54) is 11.6 Å². The SMILES string of the molecule is CC(C)CCn1c(Oc2ccc(Br)cc2)nc2c1c(=O)n(C)c(=O)n2C. The fourth-order valence-electron chi connectivity index (χ4n) is 2.71. The Hall–Kier alpha value is -2.35. The predicted octanol–water partition coefficient (Wildman–Crippen LogP) is 3.03. The molecule has 0 aliphatic carbocycles. The molecule has 3 aromatic rings. The number of hydrogen-bond acceptors (Lipinski definition) is 4. The molecule has 0 spiro atoms. The van der Waals surface area contributed by atoms with Gasteiger partial charge in [-0.25, -0.2) is 4.79 Å². The lowest BCUT2D eigenvalue weighted by Crippen LogP contribution is -2.37. The Morgan fingerprint density at radius 3 is 2.38 bits per heavy atom. The molecule has 0 radical (unpaired) electrons. The Kier molecular flexibility index (Phi) is 5.04. The van der Waals surface area contributed by atoms with Gasteiger partial charge in [0.1, 0.15) is 5.75 Å². The van der Waals surface area contributed by atoms with Crippen molar-refractivity contribution in [1.29, 1.82) is 0 Å². The van der Waals surface area contributed by atoms with Gasteiger partial charge >= 0.3 is 11.7 Å². The van der Waals surface area contributed by atoms with Crippen LogP contribution in [0.3, 0.4) is 0 Å². The zero-order valence-corrected chi connectivity index (χ0v) is 16.8. The van der Waals surface area contributed by atoms with Gasteiger partial charge in [-0.05, 0) is 36.6 Å². The number of imidazole rings is 1. The van der Waals surface area contributed by atoms with Crippen LogP contribution < -0.4 is 16.0 Å². The maximum absolute atomic E-state index is 12.7. The van der Waals surface area contributed by atoms with E-state index >= 15 is 0 Å². The molecule has 7 nitrogen and oxygen atoms in total. The molecule has 138 valence electrons. The second-order valence-electron chi connectivity index (χ2n) is 6.66. The molecule has 0 N–H and O–H groups in total. The van der Waals surface area contributed by atoms with Crippen molar-refractivity contribution in [3.63, 3.8) is 0 Å². The normalized spacial score (nSPS) is 11.5. The van der Waals surface area contributed by atoms with Gasteiger partial charge in [0.15, 0.2) is 11.2 Å². The van der Waals surface area contributed by atoms with E-state index in [-0.39, 0.29) is 5.56 Å². The van der Waals surface area contributed by atoms with Crippen LogP contribution in [0.1, 0.15) is 20.3 Å². The van der Waals surface area contributed by atoms with Gasteiger partial charge in [0, 0.05) is 25.1 Å². The molecule has 3 rings (SSSR count). The number of fused-ring (bicyclic) bond motifs is 1. The summed E-state index contributed by atoms with van der Waals surface area (Å²) in [5.74, 6) is 1.06. The third-order valence-electron chi connectivity index (χ3n) is 4.27. The maximum atomic E-state index is 12.7. The van der Waals surface area contributed by atoms with Crippen LogP contribution in [0.2, 0.25) is 0 Å². The molecule has 0 aliphatic rings. The average molecular weight is 421 g/mol. The average Bonchev–Trinajstić information content (AvgIpc) is 2.96. The molecule has 0 bridgehead atoms. The Balaban J connectivity index is 2.20. The van der Waals surface area contributed by atoms with Crippen LogP contribution in [-0.4, -0.2) is 18.7 Å². The molecule has 0 unspecified atom stereocenters. The van der Waals surface area contributed by atoms with Crippen molar-refractivity contribution in [2.45, 2.75) is 26.8 Å². The summed E-state index contributed by atoms with van der Waals surface area (Å²) in [6, 6.07) is 7.67. The summed E-state index contributed by atoms with van der Waals surface area (Å²) < 4.78 is 11.1. The standard InChI is InChI=1S/C18H21BrN4O3/c1-11(2)9-10-23-14-15(21(3)18(25)22(4)16(14)24)20-17(23)26-13-7-5-12(19)6-8-13/h5-8,11H,9-10H2,1-4H3. The van der Waals surface area contributed by atoms with Gasteiger partial charge in [0.2, 0.25) is 0 Å². The Labute approximate surface area is 159 Å². The monoisotopic (exact) mass is 420 g/mol. The lowest BCUT2D eigenvalue weighted by atomic mass is 10.1. The van der Waals surface area contributed by atoms with Gasteiger partial charge in [0.25, 0.3) is 5.56 Å². The quantitative estimate of drug-likeness (QED) is 0.635. The maximum Gasteiger partial charge on any atom is 0.332 e. The summed E-state index contributed by atoms with van der Waals surface area (Å²) in [5, 5.41) is 0. The largest absolute Gasteiger partial charge is 0.425 e. The molecule has 2 aromatic heterocycles. The first-order valence-electron chi connectivity index (χ1n) is 8.39. The van der Waals surface area contributed by atoms with E-state index in [2.05, 4.69) is 34.8 Å². The van der Waals surface area contributed by atoms with Gasteiger partial charge in [-0.15, -0.1) is 0 Å². The predicted molar refractivity (Wildman–Crippen MR) is 104 cm³/mol. The number of benzene rings is 1. The van der Waals surface area contributed by atoms with E-state index in [9.17, 15) is 9.59 Å². The number of halogens is 1. The van der Waals surface area contributed by atoms with Crippen molar-refractivity contribution in [3.8, 4) is 11.8 Å². The fourth-order valence-corrected chi connectivity index (χ4v) is 2.97. The minimum absolute atomic E-state index is 0.307. The first-order valence-corrected chi connectivity index (χ1v) is 9.18. The summed E-state index contributed by atoms with van der Waals surface area (Å²) >= 11 is 3.39. The lowest BCUT2D eigenvalue weighted by Gasteiger charge is -2.11. The second-order valence-corrected chi connectivity index (χ2v) is 7.58. The van der Waals surface area contributed by atoms with E-state index in [0.717, 1.165) is 15.5 Å². The van der Waals surface area contributed by atoms with Crippen molar-refractivity contribution >= 4 is 27.1 Å². The van der Waals surface area contributed by atoms with E-state index in [1.54, 1.807) is 11.6 Å². The number of rotatable bonds is 5. The molecular weight excluding hydrogens is 400 g/mol. The van der Waals surface area contributed by atoms with Crippen molar-refractivity contribution in [3.05, 3.63) is 49.6 Å². The summed E-state index contributed by atoms with van der Waals surface area (Å²) in [6.07, 6.45) is 0.855. The molecule has 0 amide bonds. The van der Waals surface area contributed by atoms with Gasteiger partial charge in [0.05, 0.1) is 0 Å². The highest BCUT2D eigenvalue weighted by atomic mass is 79.9. The first-order chi connectivity index (χ1) is 12.3. The van der Waals surface area contributed by atoms with Gasteiger partial charge in [-0.1, -0.05) is 29.8 Å². The smallest absolute Gasteiger partial charge is 0.332 e. The van der Waals surface area contributed by atoms with Crippen LogP contribution >= 0.6 is 15.9 Å². The molecule has 0 saturated carbocycles. The second kappa shape index (κ2) is 7.11. The minimum Gasteiger partial charge on any atom is -0.425 e. The molecule has 1 aromatic carbocycles. The lowest BCUT2D eigenvalue weighted by molar-refractivity contribution is 0.401. The van der Waals surface area contributed by atoms with Gasteiger partial charge in [-0.2, -0.15) is 4.98 Å². The Morgan fingerprint density at radius 2 is 1.77 bits per heavy atom. The van der Waals surface area contributed by atoms with Gasteiger partial charge < -0.3 is 4.74 Å². The number of aryl methyl sites for hydroxylation is 2. The molecule has 0 fully saturated rings. The third kappa shape index (κ3) is 3.33. The number of nitrogens with zero attached hydrogens (tertiary/aromatic N) is 4. The van der Waals surface area contributed by atoms with Crippen LogP contribution in [0.4, 0.5) is 0 Å². The van der Waals surface area contributed by atoms with Crippen molar-refractivity contribution in [2.75, 3.05) is 0 Å².